The summed E-state index contributed by atoms with van der Waals surface area (Å²) in [6.45, 7) is 4.03. The number of rotatable bonds is 9. The maximum Gasteiger partial charge on any atom is 0.230 e. The van der Waals surface area contributed by atoms with Gasteiger partial charge in [-0.25, -0.2) is 4.39 Å². The zero-order chi connectivity index (χ0) is 20.6. The smallest absolute Gasteiger partial charge is 0.230 e. The molecule has 1 aromatic heterocycles. The lowest BCUT2D eigenvalue weighted by Crippen LogP contribution is -2.33. The van der Waals surface area contributed by atoms with Gasteiger partial charge in [-0.15, -0.1) is 10.2 Å². The highest BCUT2D eigenvalue weighted by Gasteiger charge is 2.17. The minimum Gasteiger partial charge on any atom is -0.483 e. The highest BCUT2D eigenvalue weighted by molar-refractivity contribution is 7.99. The van der Waals surface area contributed by atoms with Crippen LogP contribution < -0.4 is 10.1 Å². The number of hydrogen-bond acceptors (Lipinski definition) is 5. The number of thioether (sulfide) groups is 1. The van der Waals surface area contributed by atoms with E-state index in [1.54, 1.807) is 18.2 Å². The van der Waals surface area contributed by atoms with Crippen LogP contribution in [0.4, 0.5) is 4.39 Å². The summed E-state index contributed by atoms with van der Waals surface area (Å²) in [5.41, 5.74) is 0.842. The first-order chi connectivity index (χ1) is 14.1. The molecule has 29 heavy (non-hydrogen) atoms. The topological polar surface area (TPSA) is 69.0 Å². The minimum atomic E-state index is -0.436. The fourth-order valence-corrected chi connectivity index (χ4v) is 3.36. The van der Waals surface area contributed by atoms with Gasteiger partial charge in [0.05, 0.1) is 5.75 Å². The number of halogens is 1. The summed E-state index contributed by atoms with van der Waals surface area (Å²) in [5, 5.41) is 11.9. The van der Waals surface area contributed by atoms with E-state index >= 15 is 0 Å². The lowest BCUT2D eigenvalue weighted by Gasteiger charge is -2.12. The van der Waals surface area contributed by atoms with Crippen molar-refractivity contribution in [1.29, 1.82) is 0 Å². The second-order valence-electron chi connectivity index (χ2n) is 6.45. The second-order valence-corrected chi connectivity index (χ2v) is 7.40. The molecule has 8 heteroatoms. The van der Waals surface area contributed by atoms with Crippen LogP contribution in [0.1, 0.15) is 26.1 Å². The molecule has 0 spiro atoms. The molecule has 1 atom stereocenters. The van der Waals surface area contributed by atoms with E-state index in [-0.39, 0.29) is 30.1 Å². The van der Waals surface area contributed by atoms with Crippen molar-refractivity contribution in [2.45, 2.75) is 38.1 Å². The number of ether oxygens (including phenoxy) is 1. The predicted molar refractivity (Wildman–Crippen MR) is 111 cm³/mol. The third-order valence-corrected chi connectivity index (χ3v) is 5.19. The van der Waals surface area contributed by atoms with E-state index in [4.69, 9.17) is 4.74 Å². The quantitative estimate of drug-likeness (QED) is 0.536. The predicted octanol–water partition coefficient (Wildman–Crippen LogP) is 3.99. The Balaban J connectivity index is 1.78. The summed E-state index contributed by atoms with van der Waals surface area (Å²) < 4.78 is 21.3. The van der Waals surface area contributed by atoms with Gasteiger partial charge in [-0.3, -0.25) is 9.36 Å². The van der Waals surface area contributed by atoms with Gasteiger partial charge in [0.2, 0.25) is 5.91 Å². The van der Waals surface area contributed by atoms with Crippen molar-refractivity contribution in [3.8, 4) is 11.4 Å². The molecule has 0 saturated heterocycles. The van der Waals surface area contributed by atoms with Crippen LogP contribution in [0.25, 0.3) is 5.69 Å². The molecule has 152 valence electrons. The molecule has 0 aliphatic rings. The zero-order valence-corrected chi connectivity index (χ0v) is 17.2. The number of nitrogens with zero attached hydrogens (tertiary/aromatic N) is 3. The third kappa shape index (κ3) is 5.57. The molecule has 3 aromatic rings. The molecule has 6 nitrogen and oxygen atoms in total. The third-order valence-electron chi connectivity index (χ3n) is 4.26. The van der Waals surface area contributed by atoms with Crippen molar-refractivity contribution in [3.63, 3.8) is 0 Å². The summed E-state index contributed by atoms with van der Waals surface area (Å²) in [7, 11) is 0. The minimum absolute atomic E-state index is 0.0441. The van der Waals surface area contributed by atoms with Crippen LogP contribution in [-0.4, -0.2) is 32.5 Å². The van der Waals surface area contributed by atoms with Gasteiger partial charge in [0.1, 0.15) is 6.61 Å². The molecular formula is C21H23FN4O2S. The lowest BCUT2D eigenvalue weighted by atomic mass is 10.3. The molecule has 1 heterocycles. The van der Waals surface area contributed by atoms with E-state index in [1.807, 2.05) is 48.7 Å². The largest absolute Gasteiger partial charge is 0.483 e. The van der Waals surface area contributed by atoms with E-state index < -0.39 is 5.82 Å². The molecule has 0 aliphatic carbocycles. The van der Waals surface area contributed by atoms with Crippen LogP contribution in [0.15, 0.2) is 59.8 Å². The monoisotopic (exact) mass is 414 g/mol. The van der Waals surface area contributed by atoms with E-state index in [0.29, 0.717) is 11.0 Å². The number of carbonyl (C=O) groups excluding carboxylic acids is 1. The molecule has 1 amide bonds. The zero-order valence-electron chi connectivity index (χ0n) is 16.3. The standard InChI is InChI=1S/C21H23FN4O2S/c1-3-15(2)23-20(27)14-29-21-25-24-19(26(21)16-9-5-4-6-10-16)13-28-18-12-8-7-11-17(18)22/h4-12,15H,3,13-14H2,1-2H3,(H,23,27)/t15-/m1/s1. The molecule has 3 rings (SSSR count). The van der Waals surface area contributed by atoms with E-state index in [9.17, 15) is 9.18 Å². The second kappa shape index (κ2) is 10.1. The highest BCUT2D eigenvalue weighted by Crippen LogP contribution is 2.23. The molecule has 0 radical (unpaired) electrons. The van der Waals surface area contributed by atoms with Gasteiger partial charge in [-0.2, -0.15) is 0 Å². The first-order valence-corrected chi connectivity index (χ1v) is 10.4. The average molecular weight is 415 g/mol. The van der Waals surface area contributed by atoms with Crippen LogP contribution >= 0.6 is 11.8 Å². The van der Waals surface area contributed by atoms with E-state index in [0.717, 1.165) is 12.1 Å². The Hall–Kier alpha value is -2.87. The Kier molecular flexibility index (Phi) is 7.24. The normalized spacial score (nSPS) is 11.8. The molecule has 0 unspecified atom stereocenters. The number of carbonyl (C=O) groups is 1. The van der Waals surface area contributed by atoms with Gasteiger partial charge in [-0.05, 0) is 37.6 Å². The number of benzene rings is 2. The van der Waals surface area contributed by atoms with Gasteiger partial charge in [0.15, 0.2) is 22.5 Å². The Morgan fingerprint density at radius 1 is 1.17 bits per heavy atom. The molecule has 0 bridgehead atoms. The van der Waals surface area contributed by atoms with Gasteiger partial charge < -0.3 is 10.1 Å². The number of nitrogens with one attached hydrogen (secondary N) is 1. The summed E-state index contributed by atoms with van der Waals surface area (Å²) in [5.74, 6) is 0.399. The van der Waals surface area contributed by atoms with Crippen molar-refractivity contribution in [2.75, 3.05) is 5.75 Å². The Labute approximate surface area is 173 Å². The molecule has 2 aromatic carbocycles. The van der Waals surface area contributed by atoms with Crippen LogP contribution in [0.2, 0.25) is 0 Å². The summed E-state index contributed by atoms with van der Waals surface area (Å²) in [4.78, 5) is 12.1. The van der Waals surface area contributed by atoms with Gasteiger partial charge in [0, 0.05) is 11.7 Å². The number of hydrogen-bond donors (Lipinski definition) is 1. The number of aromatic nitrogens is 3. The average Bonchev–Trinajstić information content (AvgIpc) is 3.15. The lowest BCUT2D eigenvalue weighted by molar-refractivity contribution is -0.119. The molecule has 0 aliphatic heterocycles. The molecule has 0 saturated carbocycles. The summed E-state index contributed by atoms with van der Waals surface area (Å²) >= 11 is 1.30. The Morgan fingerprint density at radius 2 is 1.90 bits per heavy atom. The first-order valence-electron chi connectivity index (χ1n) is 9.37. The Bertz CT molecular complexity index is 949. The first kappa shape index (κ1) is 20.9. The van der Waals surface area contributed by atoms with Crippen LogP contribution in [0.3, 0.4) is 0 Å². The van der Waals surface area contributed by atoms with Crippen LogP contribution in [0.5, 0.6) is 5.75 Å². The number of amides is 1. The summed E-state index contributed by atoms with van der Waals surface area (Å²) in [6, 6.07) is 15.9. The van der Waals surface area contributed by atoms with Crippen LogP contribution in [-0.2, 0) is 11.4 Å². The fraction of sp³-hybridized carbons (Fsp3) is 0.286. The molecule has 0 fully saturated rings. The van der Waals surface area contributed by atoms with Crippen molar-refractivity contribution in [3.05, 3.63) is 66.2 Å². The molecular weight excluding hydrogens is 391 g/mol. The van der Waals surface area contributed by atoms with Crippen molar-refractivity contribution in [2.24, 2.45) is 0 Å². The van der Waals surface area contributed by atoms with Crippen LogP contribution in [0, 0.1) is 5.82 Å². The van der Waals surface area contributed by atoms with E-state index in [1.165, 1.54) is 17.8 Å². The van der Waals surface area contributed by atoms with Crippen molar-refractivity contribution < 1.29 is 13.9 Å². The van der Waals surface area contributed by atoms with Crippen molar-refractivity contribution in [1.82, 2.24) is 20.1 Å². The van der Waals surface area contributed by atoms with Gasteiger partial charge >= 0.3 is 0 Å². The highest BCUT2D eigenvalue weighted by atomic mass is 32.2. The SMILES string of the molecule is CC[C@@H](C)NC(=O)CSc1nnc(COc2ccccc2F)n1-c1ccccc1. The fourth-order valence-electron chi connectivity index (χ4n) is 2.58. The maximum atomic E-state index is 13.8. The van der Waals surface area contributed by atoms with Gasteiger partial charge in [-0.1, -0.05) is 49.0 Å². The van der Waals surface area contributed by atoms with Crippen molar-refractivity contribution >= 4 is 17.7 Å². The number of para-hydroxylation sites is 2. The maximum absolute atomic E-state index is 13.8. The Morgan fingerprint density at radius 3 is 2.62 bits per heavy atom. The molecule has 1 N–H and O–H groups in total. The summed E-state index contributed by atoms with van der Waals surface area (Å²) in [6.07, 6.45) is 0.869. The van der Waals surface area contributed by atoms with Gasteiger partial charge in [0.25, 0.3) is 0 Å². The van der Waals surface area contributed by atoms with E-state index in [2.05, 4.69) is 15.5 Å².